The van der Waals surface area contributed by atoms with Crippen molar-refractivity contribution in [2.75, 3.05) is 5.32 Å². The van der Waals surface area contributed by atoms with E-state index in [1.165, 1.54) is 40.9 Å². The third kappa shape index (κ3) is 3.95. The first-order chi connectivity index (χ1) is 12.7. The highest BCUT2D eigenvalue weighted by Gasteiger charge is 2.21. The predicted molar refractivity (Wildman–Crippen MR) is 98.0 cm³/mol. The van der Waals surface area contributed by atoms with Gasteiger partial charge in [0.1, 0.15) is 23.4 Å². The van der Waals surface area contributed by atoms with Crippen LogP contribution in [0.15, 0.2) is 36.5 Å². The van der Waals surface area contributed by atoms with Crippen LogP contribution < -0.4 is 5.32 Å². The van der Waals surface area contributed by atoms with Crippen molar-refractivity contribution in [1.82, 2.24) is 9.38 Å². The highest BCUT2D eigenvalue weighted by Crippen LogP contribution is 2.31. The van der Waals surface area contributed by atoms with Crippen LogP contribution in [0.5, 0.6) is 0 Å². The molecule has 1 amide bonds. The minimum atomic E-state index is -0.701. The molecule has 0 aliphatic carbocycles. The van der Waals surface area contributed by atoms with E-state index in [2.05, 4.69) is 10.3 Å². The molecule has 0 atom stereocenters. The van der Waals surface area contributed by atoms with Crippen LogP contribution in [-0.2, 0) is 4.79 Å². The maximum Gasteiger partial charge on any atom is 0.226 e. The molecule has 3 rings (SSSR count). The van der Waals surface area contributed by atoms with Gasteiger partial charge in [0.15, 0.2) is 5.82 Å². The van der Waals surface area contributed by atoms with Gasteiger partial charge in [-0.3, -0.25) is 9.20 Å². The summed E-state index contributed by atoms with van der Waals surface area (Å²) in [7, 11) is 0. The first-order valence-electron chi connectivity index (χ1n) is 8.35. The van der Waals surface area contributed by atoms with Crippen molar-refractivity contribution in [3.05, 3.63) is 53.7 Å². The Labute approximate surface area is 155 Å². The molecule has 1 aromatic carbocycles. The number of anilines is 1. The van der Waals surface area contributed by atoms with Crippen molar-refractivity contribution < 1.29 is 13.6 Å². The van der Waals surface area contributed by atoms with E-state index in [0.717, 1.165) is 0 Å². The SMILES string of the molecule is CC(C)(C)CC(=O)Nc1nc2ccc(F)cn2c1-c1ccc(C#N)c(F)c1. The largest absolute Gasteiger partial charge is 0.309 e. The summed E-state index contributed by atoms with van der Waals surface area (Å²) in [5.74, 6) is -1.24. The summed E-state index contributed by atoms with van der Waals surface area (Å²) in [5, 5.41) is 11.7. The molecule has 0 unspecified atom stereocenters. The van der Waals surface area contributed by atoms with E-state index in [-0.39, 0.29) is 29.1 Å². The second-order valence-electron chi connectivity index (χ2n) is 7.48. The molecule has 27 heavy (non-hydrogen) atoms. The van der Waals surface area contributed by atoms with Crippen molar-refractivity contribution in [3.8, 4) is 17.3 Å². The number of nitrogens with one attached hydrogen (secondary N) is 1. The van der Waals surface area contributed by atoms with Crippen molar-refractivity contribution >= 4 is 17.4 Å². The number of fused-ring (bicyclic) bond motifs is 1. The average Bonchev–Trinajstić information content (AvgIpc) is 2.89. The minimum Gasteiger partial charge on any atom is -0.309 e. The lowest BCUT2D eigenvalue weighted by molar-refractivity contribution is -0.117. The van der Waals surface area contributed by atoms with E-state index in [0.29, 0.717) is 16.9 Å². The number of hydrogen-bond donors (Lipinski definition) is 1. The molecule has 5 nitrogen and oxygen atoms in total. The lowest BCUT2D eigenvalue weighted by atomic mass is 9.92. The fourth-order valence-corrected chi connectivity index (χ4v) is 2.79. The lowest BCUT2D eigenvalue weighted by Gasteiger charge is -2.17. The summed E-state index contributed by atoms with van der Waals surface area (Å²) in [6, 6.07) is 8.53. The normalized spacial score (nSPS) is 11.4. The Hall–Kier alpha value is -3.27. The zero-order valence-corrected chi connectivity index (χ0v) is 15.2. The number of amides is 1. The van der Waals surface area contributed by atoms with Crippen LogP contribution in [0.3, 0.4) is 0 Å². The molecule has 0 aliphatic rings. The van der Waals surface area contributed by atoms with E-state index < -0.39 is 11.6 Å². The Balaban J connectivity index is 2.14. The number of halogens is 2. The molecule has 138 valence electrons. The smallest absolute Gasteiger partial charge is 0.226 e. The maximum atomic E-state index is 14.1. The van der Waals surface area contributed by atoms with Crippen molar-refractivity contribution in [2.24, 2.45) is 5.41 Å². The fourth-order valence-electron chi connectivity index (χ4n) is 2.79. The number of rotatable bonds is 3. The number of hydrogen-bond acceptors (Lipinski definition) is 3. The first-order valence-corrected chi connectivity index (χ1v) is 8.35. The molecular formula is C20H18F2N4O. The molecule has 0 spiro atoms. The van der Waals surface area contributed by atoms with Gasteiger partial charge in [-0.05, 0) is 29.7 Å². The van der Waals surface area contributed by atoms with Gasteiger partial charge in [0.2, 0.25) is 5.91 Å². The van der Waals surface area contributed by atoms with Gasteiger partial charge >= 0.3 is 0 Å². The third-order valence-electron chi connectivity index (χ3n) is 3.89. The van der Waals surface area contributed by atoms with E-state index in [1.54, 1.807) is 6.07 Å². The Bertz CT molecular complexity index is 1070. The summed E-state index contributed by atoms with van der Waals surface area (Å²) in [4.78, 5) is 16.7. The minimum absolute atomic E-state index is 0.0999. The van der Waals surface area contributed by atoms with Gasteiger partial charge in [-0.25, -0.2) is 13.8 Å². The number of benzene rings is 1. The first kappa shape index (κ1) is 18.5. The summed E-state index contributed by atoms with van der Waals surface area (Å²) in [6.07, 6.45) is 1.48. The molecule has 7 heteroatoms. The van der Waals surface area contributed by atoms with Crippen LogP contribution in [0.1, 0.15) is 32.8 Å². The van der Waals surface area contributed by atoms with E-state index in [1.807, 2.05) is 20.8 Å². The summed E-state index contributed by atoms with van der Waals surface area (Å²) >= 11 is 0. The topological polar surface area (TPSA) is 70.2 Å². The van der Waals surface area contributed by atoms with Gasteiger partial charge in [0, 0.05) is 18.2 Å². The second-order valence-corrected chi connectivity index (χ2v) is 7.48. The Kier molecular flexibility index (Phi) is 4.66. The Morgan fingerprint density at radius 2 is 2.00 bits per heavy atom. The number of nitrogens with zero attached hydrogens (tertiary/aromatic N) is 3. The van der Waals surface area contributed by atoms with Gasteiger partial charge in [-0.1, -0.05) is 26.8 Å². The zero-order chi connectivity index (χ0) is 19.8. The van der Waals surface area contributed by atoms with Gasteiger partial charge < -0.3 is 5.32 Å². The number of nitriles is 1. The predicted octanol–water partition coefficient (Wildman–Crippen LogP) is 4.53. The quantitative estimate of drug-likeness (QED) is 0.739. The van der Waals surface area contributed by atoms with Crippen LogP contribution >= 0.6 is 0 Å². The average molecular weight is 368 g/mol. The summed E-state index contributed by atoms with van der Waals surface area (Å²) in [6.45, 7) is 5.80. The van der Waals surface area contributed by atoms with Crippen LogP contribution in [0.2, 0.25) is 0 Å². The maximum absolute atomic E-state index is 14.1. The van der Waals surface area contributed by atoms with Crippen molar-refractivity contribution in [3.63, 3.8) is 0 Å². The monoisotopic (exact) mass is 368 g/mol. The second kappa shape index (κ2) is 6.80. The summed E-state index contributed by atoms with van der Waals surface area (Å²) in [5.41, 5.74) is 0.792. The molecule has 3 aromatic rings. The number of aromatic nitrogens is 2. The molecule has 0 radical (unpaired) electrons. The summed E-state index contributed by atoms with van der Waals surface area (Å²) < 4.78 is 29.3. The van der Waals surface area contributed by atoms with E-state index >= 15 is 0 Å². The number of carbonyl (C=O) groups is 1. The van der Waals surface area contributed by atoms with Crippen LogP contribution in [-0.4, -0.2) is 15.3 Å². The molecule has 0 aliphatic heterocycles. The molecule has 1 N–H and O–H groups in total. The number of pyridine rings is 1. The van der Waals surface area contributed by atoms with Crippen molar-refractivity contribution in [1.29, 1.82) is 5.26 Å². The number of imidazole rings is 1. The standard InChI is InChI=1S/C20H18F2N4O/c1-20(2,3)9-17(27)25-19-18(12-4-5-13(10-23)15(22)8-12)26-11-14(21)6-7-16(26)24-19/h4-8,11H,9H2,1-3H3,(H,25,27). The lowest BCUT2D eigenvalue weighted by Crippen LogP contribution is -2.20. The molecular weight excluding hydrogens is 350 g/mol. The van der Waals surface area contributed by atoms with Gasteiger partial charge in [0.05, 0.1) is 11.3 Å². The van der Waals surface area contributed by atoms with Crippen molar-refractivity contribution in [2.45, 2.75) is 27.2 Å². The van der Waals surface area contributed by atoms with Crippen LogP contribution in [0, 0.1) is 28.4 Å². The van der Waals surface area contributed by atoms with Gasteiger partial charge in [-0.15, -0.1) is 0 Å². The third-order valence-corrected chi connectivity index (χ3v) is 3.89. The van der Waals surface area contributed by atoms with Crippen LogP contribution in [0.4, 0.5) is 14.6 Å². The molecule has 0 saturated carbocycles. The Morgan fingerprint density at radius 3 is 2.63 bits per heavy atom. The van der Waals surface area contributed by atoms with Gasteiger partial charge in [-0.2, -0.15) is 5.26 Å². The fraction of sp³-hybridized carbons (Fsp3) is 0.250. The van der Waals surface area contributed by atoms with E-state index in [4.69, 9.17) is 5.26 Å². The van der Waals surface area contributed by atoms with Gasteiger partial charge in [0.25, 0.3) is 0 Å². The molecule has 0 saturated heterocycles. The number of carbonyl (C=O) groups excluding carboxylic acids is 1. The highest BCUT2D eigenvalue weighted by atomic mass is 19.1. The molecule has 2 heterocycles. The van der Waals surface area contributed by atoms with E-state index in [9.17, 15) is 13.6 Å². The molecule has 2 aromatic heterocycles. The van der Waals surface area contributed by atoms with Crippen LogP contribution in [0.25, 0.3) is 16.9 Å². The zero-order valence-electron chi connectivity index (χ0n) is 15.2. The molecule has 0 fully saturated rings. The highest BCUT2D eigenvalue weighted by molar-refractivity contribution is 5.94. The molecule has 0 bridgehead atoms. The Morgan fingerprint density at radius 1 is 1.26 bits per heavy atom.